The van der Waals surface area contributed by atoms with Crippen molar-refractivity contribution in [1.29, 1.82) is 0 Å². The highest BCUT2D eigenvalue weighted by Crippen LogP contribution is 1.99. The number of rotatable bonds is 2. The predicted molar refractivity (Wildman–Crippen MR) is 46.6 cm³/mol. The molecule has 0 spiro atoms. The molecule has 0 aliphatic heterocycles. The van der Waals surface area contributed by atoms with Crippen LogP contribution in [-0.4, -0.2) is 0 Å². The molecule has 0 fully saturated rings. The van der Waals surface area contributed by atoms with Gasteiger partial charge in [0.05, 0.1) is 5.82 Å². The molecular formula is C9H12N2. The normalized spacial score (nSPS) is 9.09. The Hall–Kier alpha value is -1.44. The highest BCUT2D eigenvalue weighted by molar-refractivity contribution is 5.18. The Bertz CT molecular complexity index is 235. The molecular weight excluding hydrogens is 136 g/mol. The van der Waals surface area contributed by atoms with Crippen LogP contribution in [0.5, 0.6) is 0 Å². The second kappa shape index (κ2) is 3.66. The van der Waals surface area contributed by atoms with Crippen molar-refractivity contribution in [1.82, 2.24) is 0 Å². The van der Waals surface area contributed by atoms with E-state index in [9.17, 15) is 0 Å². The maximum atomic E-state index is 5.28. The zero-order chi connectivity index (χ0) is 8.10. The zero-order valence-electron chi connectivity index (χ0n) is 6.33. The van der Waals surface area contributed by atoms with Crippen molar-refractivity contribution in [3.8, 4) is 0 Å². The average molecular weight is 148 g/mol. The lowest BCUT2D eigenvalue weighted by Crippen LogP contribution is -2.07. The molecule has 11 heavy (non-hydrogen) atoms. The fourth-order valence-electron chi connectivity index (χ4n) is 0.850. The number of nitrogens with two attached hydrogens (primary N) is 2. The van der Waals surface area contributed by atoms with Crippen LogP contribution < -0.4 is 11.5 Å². The first kappa shape index (κ1) is 7.66. The lowest BCUT2D eigenvalue weighted by atomic mass is 10.1. The first-order valence-corrected chi connectivity index (χ1v) is 3.54. The van der Waals surface area contributed by atoms with Crippen molar-refractivity contribution in [3.05, 3.63) is 47.8 Å². The smallest absolute Gasteiger partial charge is 0.0895 e. The maximum absolute atomic E-state index is 5.28. The van der Waals surface area contributed by atoms with Crippen molar-refractivity contribution in [2.75, 3.05) is 0 Å². The summed E-state index contributed by atoms with van der Waals surface area (Å²) in [5.41, 5.74) is 11.8. The third-order valence-corrected chi connectivity index (χ3v) is 1.42. The predicted octanol–water partition coefficient (Wildman–Crippen LogP) is 0.988. The maximum Gasteiger partial charge on any atom is 0.0895 e. The van der Waals surface area contributed by atoms with Gasteiger partial charge in [0, 0.05) is 0 Å². The van der Waals surface area contributed by atoms with Gasteiger partial charge >= 0.3 is 0 Å². The number of benzene rings is 1. The summed E-state index contributed by atoms with van der Waals surface area (Å²) in [7, 11) is 0. The van der Waals surface area contributed by atoms with Gasteiger partial charge in [-0.2, -0.15) is 0 Å². The molecule has 0 radical (unpaired) electrons. The molecule has 0 aliphatic carbocycles. The zero-order valence-corrected chi connectivity index (χ0v) is 6.33. The van der Waals surface area contributed by atoms with E-state index in [-0.39, 0.29) is 0 Å². The van der Waals surface area contributed by atoms with E-state index in [2.05, 4.69) is 0 Å². The van der Waals surface area contributed by atoms with Crippen LogP contribution in [-0.2, 0) is 6.42 Å². The first-order valence-electron chi connectivity index (χ1n) is 3.54. The van der Waals surface area contributed by atoms with E-state index in [0.717, 1.165) is 6.42 Å². The molecule has 0 aromatic heterocycles. The van der Waals surface area contributed by atoms with Crippen LogP contribution in [0.25, 0.3) is 0 Å². The highest BCUT2D eigenvalue weighted by atomic mass is 14.8. The Morgan fingerprint density at radius 2 is 1.82 bits per heavy atom. The number of hydrogen-bond donors (Lipinski definition) is 2. The molecule has 2 nitrogen and oxygen atoms in total. The first-order chi connectivity index (χ1) is 5.29. The van der Waals surface area contributed by atoms with Crippen LogP contribution in [0.2, 0.25) is 0 Å². The second-order valence-electron chi connectivity index (χ2n) is 2.39. The molecule has 0 saturated heterocycles. The van der Waals surface area contributed by atoms with E-state index in [1.165, 1.54) is 5.56 Å². The van der Waals surface area contributed by atoms with Gasteiger partial charge in [-0.05, 0) is 18.1 Å². The Morgan fingerprint density at radius 3 is 2.36 bits per heavy atom. The molecule has 1 rings (SSSR count). The van der Waals surface area contributed by atoms with Crippen LogP contribution in [0.15, 0.2) is 42.2 Å². The van der Waals surface area contributed by atoms with Crippen LogP contribution in [0.3, 0.4) is 0 Å². The van der Waals surface area contributed by atoms with Crippen molar-refractivity contribution in [2.24, 2.45) is 11.5 Å². The summed E-state index contributed by atoms with van der Waals surface area (Å²) in [6.07, 6.45) is 2.61. The molecule has 58 valence electrons. The van der Waals surface area contributed by atoms with Gasteiger partial charge in [-0.15, -0.1) is 0 Å². The standard InChI is InChI=1S/C9H12N2/c10-9(11)7-6-8-4-2-1-3-5-8/h1-5,7H,6,10-11H2. The molecule has 0 bridgehead atoms. The molecule has 0 heterocycles. The van der Waals surface area contributed by atoms with Crippen LogP contribution in [0.1, 0.15) is 5.56 Å². The number of allylic oxidation sites excluding steroid dienone is 1. The summed E-state index contributed by atoms with van der Waals surface area (Å²) in [6, 6.07) is 10.1. The minimum absolute atomic E-state index is 0.383. The molecule has 4 N–H and O–H groups in total. The van der Waals surface area contributed by atoms with Crippen LogP contribution >= 0.6 is 0 Å². The number of hydrogen-bond acceptors (Lipinski definition) is 2. The van der Waals surface area contributed by atoms with E-state index in [1.807, 2.05) is 30.3 Å². The van der Waals surface area contributed by atoms with Gasteiger partial charge in [-0.3, -0.25) is 0 Å². The minimum atomic E-state index is 0.383. The Labute approximate surface area is 66.5 Å². The fourth-order valence-corrected chi connectivity index (χ4v) is 0.850. The summed E-state index contributed by atoms with van der Waals surface area (Å²) < 4.78 is 0. The van der Waals surface area contributed by atoms with Gasteiger partial charge in [0.1, 0.15) is 0 Å². The van der Waals surface area contributed by atoms with E-state index in [0.29, 0.717) is 5.82 Å². The van der Waals surface area contributed by atoms with Crippen molar-refractivity contribution in [3.63, 3.8) is 0 Å². The lowest BCUT2D eigenvalue weighted by Gasteiger charge is -1.94. The largest absolute Gasteiger partial charge is 0.386 e. The fraction of sp³-hybridized carbons (Fsp3) is 0.111. The SMILES string of the molecule is NC(N)=CCc1ccccc1. The van der Waals surface area contributed by atoms with Gasteiger partial charge in [0.15, 0.2) is 0 Å². The molecule has 2 heteroatoms. The Kier molecular flexibility index (Phi) is 2.55. The quantitative estimate of drug-likeness (QED) is 0.657. The molecule has 1 aromatic carbocycles. The molecule has 0 atom stereocenters. The topological polar surface area (TPSA) is 52.0 Å². The summed E-state index contributed by atoms with van der Waals surface area (Å²) in [4.78, 5) is 0. The summed E-state index contributed by atoms with van der Waals surface area (Å²) in [5.74, 6) is 0.383. The molecule has 0 aliphatic rings. The summed E-state index contributed by atoms with van der Waals surface area (Å²) in [5, 5.41) is 0. The van der Waals surface area contributed by atoms with Crippen molar-refractivity contribution in [2.45, 2.75) is 6.42 Å². The van der Waals surface area contributed by atoms with Gasteiger partial charge in [-0.1, -0.05) is 30.3 Å². The van der Waals surface area contributed by atoms with Crippen LogP contribution in [0.4, 0.5) is 0 Å². The Balaban J connectivity index is 2.59. The molecule has 1 aromatic rings. The van der Waals surface area contributed by atoms with Gasteiger partial charge in [0.2, 0.25) is 0 Å². The average Bonchev–Trinajstić information content (AvgIpc) is 2.03. The molecule has 0 saturated carbocycles. The molecule has 0 unspecified atom stereocenters. The van der Waals surface area contributed by atoms with E-state index >= 15 is 0 Å². The monoisotopic (exact) mass is 148 g/mol. The van der Waals surface area contributed by atoms with Gasteiger partial charge in [0.25, 0.3) is 0 Å². The van der Waals surface area contributed by atoms with Crippen molar-refractivity contribution < 1.29 is 0 Å². The minimum Gasteiger partial charge on any atom is -0.386 e. The Morgan fingerprint density at radius 1 is 1.18 bits per heavy atom. The third kappa shape index (κ3) is 2.76. The third-order valence-electron chi connectivity index (χ3n) is 1.42. The van der Waals surface area contributed by atoms with E-state index in [4.69, 9.17) is 11.5 Å². The molecule has 0 amide bonds. The van der Waals surface area contributed by atoms with Crippen LogP contribution in [0, 0.1) is 0 Å². The van der Waals surface area contributed by atoms with E-state index in [1.54, 1.807) is 6.08 Å². The van der Waals surface area contributed by atoms with E-state index < -0.39 is 0 Å². The van der Waals surface area contributed by atoms with Crippen molar-refractivity contribution >= 4 is 0 Å². The van der Waals surface area contributed by atoms with Gasteiger partial charge in [-0.25, -0.2) is 0 Å². The second-order valence-corrected chi connectivity index (χ2v) is 2.39. The lowest BCUT2D eigenvalue weighted by molar-refractivity contribution is 1.16. The highest BCUT2D eigenvalue weighted by Gasteiger charge is 1.86. The van der Waals surface area contributed by atoms with Gasteiger partial charge < -0.3 is 11.5 Å². The summed E-state index contributed by atoms with van der Waals surface area (Å²) in [6.45, 7) is 0. The summed E-state index contributed by atoms with van der Waals surface area (Å²) >= 11 is 0.